The van der Waals surface area contributed by atoms with Crippen LogP contribution in [0.2, 0.25) is 0 Å². The Hall–Kier alpha value is -3.55. The van der Waals surface area contributed by atoms with Gasteiger partial charge in [-0.3, -0.25) is 19.1 Å². The van der Waals surface area contributed by atoms with Gasteiger partial charge in [0.25, 0.3) is 5.91 Å². The van der Waals surface area contributed by atoms with Crippen molar-refractivity contribution in [2.24, 2.45) is 15.7 Å². The third kappa shape index (κ3) is 6.95. The normalized spacial score (nSPS) is 26.0. The molecule has 2 heterocycles. The molecule has 15 heteroatoms. The SMILES string of the molecule is C[C@H](NP(=O)(OC[C@H]1O[C@@H](C2N=CC(N)=NC2=O)C(F)(F)C1O)Oc1ccccc1)C(=O)OCc1ccccc1. The van der Waals surface area contributed by atoms with Crippen LogP contribution in [0.5, 0.6) is 5.75 Å². The Morgan fingerprint density at radius 3 is 2.50 bits per heavy atom. The monoisotopic (exact) mass is 580 g/mol. The van der Waals surface area contributed by atoms with Crippen LogP contribution < -0.4 is 15.3 Å². The van der Waals surface area contributed by atoms with Gasteiger partial charge in [0.15, 0.2) is 12.1 Å². The van der Waals surface area contributed by atoms with Gasteiger partial charge in [-0.2, -0.15) is 10.1 Å². The molecule has 0 saturated carbocycles. The lowest BCUT2D eigenvalue weighted by molar-refractivity contribution is -0.146. The van der Waals surface area contributed by atoms with Crippen LogP contribution in [-0.4, -0.2) is 72.0 Å². The first-order valence-electron chi connectivity index (χ1n) is 12.1. The van der Waals surface area contributed by atoms with E-state index in [0.29, 0.717) is 0 Å². The summed E-state index contributed by atoms with van der Waals surface area (Å²) in [5, 5.41) is 12.7. The van der Waals surface area contributed by atoms with Crippen molar-refractivity contribution in [1.82, 2.24) is 5.09 Å². The minimum atomic E-state index is -4.46. The lowest BCUT2D eigenvalue weighted by Crippen LogP contribution is -2.48. The van der Waals surface area contributed by atoms with Crippen molar-refractivity contribution in [3.63, 3.8) is 0 Å². The fourth-order valence-electron chi connectivity index (χ4n) is 3.86. The second-order valence-electron chi connectivity index (χ2n) is 8.95. The molecule has 6 atom stereocenters. The number of amides is 1. The van der Waals surface area contributed by atoms with Gasteiger partial charge in [0, 0.05) is 0 Å². The fraction of sp³-hybridized carbons (Fsp3) is 0.360. The zero-order valence-electron chi connectivity index (χ0n) is 21.1. The number of hydrogen-bond donors (Lipinski definition) is 3. The van der Waals surface area contributed by atoms with Crippen molar-refractivity contribution in [2.45, 2.75) is 49.8 Å². The molecule has 2 aromatic carbocycles. The van der Waals surface area contributed by atoms with Gasteiger partial charge >= 0.3 is 19.6 Å². The van der Waals surface area contributed by atoms with E-state index in [1.54, 1.807) is 48.5 Å². The number of nitrogens with one attached hydrogen (secondary N) is 1. The van der Waals surface area contributed by atoms with E-state index >= 15 is 0 Å². The summed E-state index contributed by atoms with van der Waals surface area (Å²) in [7, 11) is -4.46. The van der Waals surface area contributed by atoms with Gasteiger partial charge in [0.1, 0.15) is 36.4 Å². The maximum absolute atomic E-state index is 14.9. The van der Waals surface area contributed by atoms with E-state index in [-0.39, 0.29) is 18.2 Å². The van der Waals surface area contributed by atoms with Crippen LogP contribution in [0.15, 0.2) is 70.6 Å². The summed E-state index contributed by atoms with van der Waals surface area (Å²) in [5.41, 5.74) is 6.10. The number of ether oxygens (including phenoxy) is 2. The molecule has 1 saturated heterocycles. The number of alkyl halides is 2. The molecule has 40 heavy (non-hydrogen) atoms. The third-order valence-electron chi connectivity index (χ3n) is 5.90. The minimum absolute atomic E-state index is 0.0486. The Morgan fingerprint density at radius 2 is 1.85 bits per heavy atom. The number of aliphatic hydroxyl groups is 1. The average Bonchev–Trinajstić information content (AvgIpc) is 3.15. The molecule has 1 fully saturated rings. The number of halogens is 2. The second kappa shape index (κ2) is 12.3. The number of amidine groups is 1. The van der Waals surface area contributed by atoms with Crippen LogP contribution in [0, 0.1) is 0 Å². The summed E-state index contributed by atoms with van der Waals surface area (Å²) in [6.45, 7) is 0.431. The maximum Gasteiger partial charge on any atom is 0.459 e. The summed E-state index contributed by atoms with van der Waals surface area (Å²) in [4.78, 5) is 31.8. The Balaban J connectivity index is 1.45. The van der Waals surface area contributed by atoms with E-state index in [1.165, 1.54) is 19.1 Å². The van der Waals surface area contributed by atoms with Crippen molar-refractivity contribution < 1.29 is 46.6 Å². The van der Waals surface area contributed by atoms with E-state index in [0.717, 1.165) is 11.8 Å². The van der Waals surface area contributed by atoms with E-state index in [4.69, 9.17) is 24.3 Å². The molecule has 1 amide bonds. The number of nitrogens with zero attached hydrogens (tertiary/aromatic N) is 2. The Labute approximate surface area is 227 Å². The molecule has 2 aliphatic heterocycles. The zero-order chi connectivity index (χ0) is 28.9. The molecule has 2 aromatic rings. The first-order chi connectivity index (χ1) is 19.0. The smallest absolute Gasteiger partial charge is 0.459 e. The number of nitrogens with two attached hydrogens (primary N) is 1. The van der Waals surface area contributed by atoms with E-state index in [1.807, 2.05) is 0 Å². The van der Waals surface area contributed by atoms with Crippen molar-refractivity contribution in [3.05, 3.63) is 66.2 Å². The molecule has 0 aliphatic carbocycles. The van der Waals surface area contributed by atoms with Gasteiger partial charge < -0.3 is 24.8 Å². The molecule has 4 N–H and O–H groups in total. The van der Waals surface area contributed by atoms with Crippen LogP contribution in [0.3, 0.4) is 0 Å². The van der Waals surface area contributed by atoms with Gasteiger partial charge in [-0.1, -0.05) is 48.5 Å². The summed E-state index contributed by atoms with van der Waals surface area (Å²) >= 11 is 0. The molecule has 3 unspecified atom stereocenters. The minimum Gasteiger partial charge on any atom is -0.460 e. The predicted octanol–water partition coefficient (Wildman–Crippen LogP) is 2.01. The van der Waals surface area contributed by atoms with E-state index in [2.05, 4.69) is 15.1 Å². The first-order valence-corrected chi connectivity index (χ1v) is 13.6. The van der Waals surface area contributed by atoms with Crippen molar-refractivity contribution >= 4 is 31.7 Å². The van der Waals surface area contributed by atoms with E-state index in [9.17, 15) is 28.0 Å². The van der Waals surface area contributed by atoms with Crippen LogP contribution in [-0.2, 0) is 34.8 Å². The third-order valence-corrected chi connectivity index (χ3v) is 7.54. The maximum atomic E-state index is 14.9. The highest BCUT2D eigenvalue weighted by Crippen LogP contribution is 2.47. The summed E-state index contributed by atoms with van der Waals surface area (Å²) in [5.74, 6) is -5.98. The molecule has 0 spiro atoms. The van der Waals surface area contributed by atoms with E-state index < -0.39 is 62.5 Å². The van der Waals surface area contributed by atoms with Gasteiger partial charge in [0.2, 0.25) is 0 Å². The zero-order valence-corrected chi connectivity index (χ0v) is 22.0. The highest BCUT2D eigenvalue weighted by Gasteiger charge is 2.62. The van der Waals surface area contributed by atoms with Gasteiger partial charge in [-0.05, 0) is 24.6 Å². The fourth-order valence-corrected chi connectivity index (χ4v) is 5.36. The summed E-state index contributed by atoms with van der Waals surface area (Å²) in [6, 6.07) is 13.6. The number of carbonyl (C=O) groups excluding carboxylic acids is 2. The highest BCUT2D eigenvalue weighted by atomic mass is 31.2. The number of carbonyl (C=O) groups is 2. The predicted molar refractivity (Wildman–Crippen MR) is 138 cm³/mol. The van der Waals surface area contributed by atoms with Gasteiger partial charge in [-0.15, -0.1) is 0 Å². The molecule has 0 radical (unpaired) electrons. The quantitative estimate of drug-likeness (QED) is 0.264. The molecule has 4 rings (SSSR count). The number of aliphatic hydroxyl groups excluding tert-OH is 1. The van der Waals surface area contributed by atoms with Crippen molar-refractivity contribution in [3.8, 4) is 5.75 Å². The van der Waals surface area contributed by atoms with Gasteiger partial charge in [0.05, 0.1) is 12.8 Å². The first kappa shape index (κ1) is 29.4. The molecular formula is C25H27F2N4O8P. The largest absolute Gasteiger partial charge is 0.460 e. The molecule has 2 aliphatic rings. The van der Waals surface area contributed by atoms with Gasteiger partial charge in [-0.25, -0.2) is 13.3 Å². The number of hydrogen-bond acceptors (Lipinski definition) is 10. The van der Waals surface area contributed by atoms with Crippen molar-refractivity contribution in [2.75, 3.05) is 6.61 Å². The van der Waals surface area contributed by atoms with Crippen molar-refractivity contribution in [1.29, 1.82) is 0 Å². The number of esters is 1. The molecule has 12 nitrogen and oxygen atoms in total. The standard InChI is InChI=1S/C25H27F2N4O8P/c1-15(24(34)36-13-16-8-4-2-5-9-16)31-40(35,39-17-10-6-3-7-11-17)37-14-18-21(32)25(26,27)22(38-18)20-23(33)30-19(28)12-29-20/h2-12,15,18,20-22,32H,13-14H2,1H3,(H,31,35)(H2,28,30,33)/t15-,18+,20?,21?,22-,40?/m0/s1. The lowest BCUT2D eigenvalue weighted by Gasteiger charge is -2.24. The number of para-hydroxylation sites is 1. The molecular weight excluding hydrogens is 553 g/mol. The van der Waals surface area contributed by atoms with Crippen LogP contribution in [0.1, 0.15) is 12.5 Å². The topological polar surface area (TPSA) is 171 Å². The highest BCUT2D eigenvalue weighted by molar-refractivity contribution is 7.52. The molecule has 0 bridgehead atoms. The average molecular weight is 580 g/mol. The summed E-state index contributed by atoms with van der Waals surface area (Å²) < 4.78 is 64.8. The Bertz CT molecular complexity index is 1310. The number of rotatable bonds is 11. The Kier molecular flexibility index (Phi) is 9.06. The summed E-state index contributed by atoms with van der Waals surface area (Å²) in [6.07, 6.45) is -5.46. The van der Waals surface area contributed by atoms with Crippen LogP contribution in [0.4, 0.5) is 8.78 Å². The van der Waals surface area contributed by atoms with Crippen LogP contribution >= 0.6 is 7.75 Å². The number of benzene rings is 2. The van der Waals surface area contributed by atoms with Crippen LogP contribution in [0.25, 0.3) is 0 Å². The second-order valence-corrected chi connectivity index (χ2v) is 10.6. The Morgan fingerprint density at radius 1 is 1.20 bits per heavy atom. The number of aliphatic imine (C=N–C) groups is 2. The lowest BCUT2D eigenvalue weighted by atomic mass is 10.0. The molecule has 0 aromatic heterocycles. The molecule has 214 valence electrons.